The second kappa shape index (κ2) is 8.81. The molecule has 1 amide bonds. The molecule has 32 heavy (non-hydrogen) atoms. The number of aryl methyl sites for hydroxylation is 1. The van der Waals surface area contributed by atoms with Crippen LogP contribution in [0.4, 0.5) is 13.2 Å². The average molecular weight is 444 g/mol. The zero-order valence-corrected chi connectivity index (χ0v) is 17.0. The van der Waals surface area contributed by atoms with Gasteiger partial charge in [0.05, 0.1) is 29.2 Å². The van der Waals surface area contributed by atoms with Crippen molar-refractivity contribution in [2.24, 2.45) is 0 Å². The van der Waals surface area contributed by atoms with Crippen molar-refractivity contribution < 1.29 is 27.4 Å². The average Bonchev–Trinajstić information content (AvgIpc) is 2.77. The topological polar surface area (TPSA) is 86.2 Å². The molecule has 1 N–H and O–H groups in total. The van der Waals surface area contributed by atoms with Gasteiger partial charge in [-0.2, -0.15) is 13.2 Å². The molecular formula is C22H19F3N4O3. The van der Waals surface area contributed by atoms with Crippen LogP contribution in [-0.4, -0.2) is 46.3 Å². The Balaban J connectivity index is 1.45. The zero-order chi connectivity index (χ0) is 22.7. The smallest absolute Gasteiger partial charge is 0.422 e. The number of hydrogen-bond donors (Lipinski definition) is 1. The first kappa shape index (κ1) is 21.5. The molecule has 4 rings (SSSR count). The number of rotatable bonds is 5. The Hall–Kier alpha value is -3.69. The summed E-state index contributed by atoms with van der Waals surface area (Å²) >= 11 is 0. The van der Waals surface area contributed by atoms with E-state index in [2.05, 4.69) is 25.0 Å². The van der Waals surface area contributed by atoms with Gasteiger partial charge in [0.2, 0.25) is 5.88 Å². The third-order valence-corrected chi connectivity index (χ3v) is 4.77. The summed E-state index contributed by atoms with van der Waals surface area (Å²) in [6, 6.07) is 7.95. The van der Waals surface area contributed by atoms with Crippen molar-refractivity contribution in [2.45, 2.75) is 25.6 Å². The lowest BCUT2D eigenvalue weighted by molar-refractivity contribution is -0.154. The Morgan fingerprint density at radius 2 is 2.06 bits per heavy atom. The lowest BCUT2D eigenvalue weighted by Crippen LogP contribution is -2.42. The molecule has 0 saturated heterocycles. The molecule has 1 aliphatic rings. The molecule has 10 heteroatoms. The number of benzene rings is 1. The van der Waals surface area contributed by atoms with E-state index in [9.17, 15) is 18.0 Å². The SMILES string of the molecule is Cc1cncc(-c2cccc3c2C[C@H](NC(=O)c2ccc(OCC(F)(F)F)nc2)CO3)n1. The highest BCUT2D eigenvalue weighted by molar-refractivity contribution is 5.94. The van der Waals surface area contributed by atoms with Crippen LogP contribution in [0.25, 0.3) is 11.3 Å². The highest BCUT2D eigenvalue weighted by Crippen LogP contribution is 2.33. The number of nitrogens with one attached hydrogen (secondary N) is 1. The first-order valence-corrected chi connectivity index (χ1v) is 9.79. The number of halogens is 3. The van der Waals surface area contributed by atoms with Gasteiger partial charge in [0.15, 0.2) is 6.61 Å². The van der Waals surface area contributed by atoms with E-state index in [0.29, 0.717) is 6.42 Å². The van der Waals surface area contributed by atoms with Crippen LogP contribution in [0.2, 0.25) is 0 Å². The third-order valence-electron chi connectivity index (χ3n) is 4.77. The van der Waals surface area contributed by atoms with Crippen molar-refractivity contribution in [3.63, 3.8) is 0 Å². The number of pyridine rings is 1. The maximum absolute atomic E-state index is 12.6. The Morgan fingerprint density at radius 3 is 2.78 bits per heavy atom. The van der Waals surface area contributed by atoms with E-state index < -0.39 is 18.7 Å². The van der Waals surface area contributed by atoms with Gasteiger partial charge >= 0.3 is 6.18 Å². The van der Waals surface area contributed by atoms with Crippen molar-refractivity contribution in [3.05, 3.63) is 65.7 Å². The van der Waals surface area contributed by atoms with Crippen LogP contribution >= 0.6 is 0 Å². The van der Waals surface area contributed by atoms with Crippen LogP contribution in [0.3, 0.4) is 0 Å². The van der Waals surface area contributed by atoms with E-state index in [4.69, 9.17) is 4.74 Å². The number of fused-ring (bicyclic) bond motifs is 1. The largest absolute Gasteiger partial charge is 0.491 e. The van der Waals surface area contributed by atoms with Crippen LogP contribution in [0.5, 0.6) is 11.6 Å². The monoisotopic (exact) mass is 444 g/mol. The van der Waals surface area contributed by atoms with Gasteiger partial charge in [-0.25, -0.2) is 9.97 Å². The standard InChI is InChI=1S/C22H19F3N4O3/c1-13-8-26-10-18(28-13)16-3-2-4-19-17(16)7-15(11-31-19)29-21(30)14-5-6-20(27-9-14)32-12-22(23,24)25/h2-6,8-10,15H,7,11-12H2,1H3,(H,29,30)/t15-/m0/s1. The van der Waals surface area contributed by atoms with Crippen molar-refractivity contribution in [3.8, 4) is 22.9 Å². The zero-order valence-electron chi connectivity index (χ0n) is 17.0. The molecule has 1 aliphatic heterocycles. The summed E-state index contributed by atoms with van der Waals surface area (Å²) in [5, 5.41) is 2.88. The van der Waals surface area contributed by atoms with Crippen LogP contribution < -0.4 is 14.8 Å². The maximum Gasteiger partial charge on any atom is 0.422 e. The summed E-state index contributed by atoms with van der Waals surface area (Å²) in [5.41, 5.74) is 3.50. The first-order valence-electron chi connectivity index (χ1n) is 9.79. The van der Waals surface area contributed by atoms with Crippen LogP contribution in [0.15, 0.2) is 48.9 Å². The van der Waals surface area contributed by atoms with Crippen LogP contribution in [0.1, 0.15) is 21.6 Å². The van der Waals surface area contributed by atoms with Gasteiger partial charge in [-0.15, -0.1) is 0 Å². The number of hydrogen-bond acceptors (Lipinski definition) is 6. The fraction of sp³-hybridized carbons (Fsp3) is 0.273. The van der Waals surface area contributed by atoms with E-state index in [-0.39, 0.29) is 24.1 Å². The molecule has 7 nitrogen and oxygen atoms in total. The molecule has 1 aromatic carbocycles. The second-order valence-corrected chi connectivity index (χ2v) is 7.30. The number of ether oxygens (including phenoxy) is 2. The molecule has 2 aromatic heterocycles. The van der Waals surface area contributed by atoms with Gasteiger partial charge in [-0.3, -0.25) is 9.78 Å². The second-order valence-electron chi connectivity index (χ2n) is 7.30. The molecular weight excluding hydrogens is 425 g/mol. The molecule has 0 spiro atoms. The Labute approximate surface area is 181 Å². The summed E-state index contributed by atoms with van der Waals surface area (Å²) < 4.78 is 47.1. The van der Waals surface area contributed by atoms with E-state index in [1.165, 1.54) is 18.3 Å². The molecule has 0 saturated carbocycles. The highest BCUT2D eigenvalue weighted by atomic mass is 19.4. The van der Waals surface area contributed by atoms with Crippen LogP contribution in [-0.2, 0) is 6.42 Å². The minimum atomic E-state index is -4.46. The Bertz CT molecular complexity index is 1120. The van der Waals surface area contributed by atoms with Crippen LogP contribution in [0, 0.1) is 6.92 Å². The Kier molecular flexibility index (Phi) is 5.93. The van der Waals surface area contributed by atoms with Crippen molar-refractivity contribution in [2.75, 3.05) is 13.2 Å². The summed E-state index contributed by atoms with van der Waals surface area (Å²) in [4.78, 5) is 25.1. The fourth-order valence-electron chi connectivity index (χ4n) is 3.36. The van der Waals surface area contributed by atoms with Crippen molar-refractivity contribution in [1.29, 1.82) is 0 Å². The third kappa shape index (κ3) is 5.13. The fourth-order valence-corrected chi connectivity index (χ4v) is 3.36. The van der Waals surface area contributed by atoms with E-state index in [1.54, 1.807) is 12.4 Å². The van der Waals surface area contributed by atoms with Gasteiger partial charge in [0.25, 0.3) is 5.91 Å². The molecule has 0 bridgehead atoms. The van der Waals surface area contributed by atoms with Gasteiger partial charge in [0, 0.05) is 36.0 Å². The molecule has 0 radical (unpaired) electrons. The predicted molar refractivity (Wildman–Crippen MR) is 108 cm³/mol. The highest BCUT2D eigenvalue weighted by Gasteiger charge is 2.29. The normalized spacial score (nSPS) is 15.4. The summed E-state index contributed by atoms with van der Waals surface area (Å²) in [5.74, 6) is 0.103. The molecule has 166 valence electrons. The number of nitrogens with zero attached hydrogens (tertiary/aromatic N) is 3. The molecule has 1 atom stereocenters. The molecule has 0 aliphatic carbocycles. The quantitative estimate of drug-likeness (QED) is 0.648. The number of amides is 1. The number of aromatic nitrogens is 3. The maximum atomic E-state index is 12.6. The van der Waals surface area contributed by atoms with Gasteiger partial charge < -0.3 is 14.8 Å². The van der Waals surface area contributed by atoms with Crippen molar-refractivity contribution in [1.82, 2.24) is 20.3 Å². The molecule has 3 heterocycles. The van der Waals surface area contributed by atoms with Crippen molar-refractivity contribution >= 4 is 5.91 Å². The van der Waals surface area contributed by atoms with E-state index in [1.807, 2.05) is 25.1 Å². The van der Waals surface area contributed by atoms with E-state index >= 15 is 0 Å². The summed E-state index contributed by atoms with van der Waals surface area (Å²) in [6.07, 6.45) is 0.585. The molecule has 3 aromatic rings. The van der Waals surface area contributed by atoms with Gasteiger partial charge in [-0.05, 0) is 19.1 Å². The van der Waals surface area contributed by atoms with Gasteiger partial charge in [-0.1, -0.05) is 12.1 Å². The summed E-state index contributed by atoms with van der Waals surface area (Å²) in [7, 11) is 0. The minimum Gasteiger partial charge on any atom is -0.491 e. The lowest BCUT2D eigenvalue weighted by Gasteiger charge is -2.27. The number of alkyl halides is 3. The predicted octanol–water partition coefficient (Wildman–Crippen LogP) is 3.52. The first-order chi connectivity index (χ1) is 15.3. The number of carbonyl (C=O) groups is 1. The molecule has 0 fully saturated rings. The number of carbonyl (C=O) groups excluding carboxylic acids is 1. The minimum absolute atomic E-state index is 0.202. The lowest BCUT2D eigenvalue weighted by atomic mass is 9.95. The van der Waals surface area contributed by atoms with E-state index in [0.717, 1.165) is 28.3 Å². The summed E-state index contributed by atoms with van der Waals surface area (Å²) in [6.45, 7) is 0.693. The van der Waals surface area contributed by atoms with Gasteiger partial charge in [0.1, 0.15) is 12.4 Å². The molecule has 0 unspecified atom stereocenters. The Morgan fingerprint density at radius 1 is 1.22 bits per heavy atom.